The molecular weight excluding hydrogens is 418 g/mol. The van der Waals surface area contributed by atoms with Crippen molar-refractivity contribution in [1.29, 1.82) is 0 Å². The van der Waals surface area contributed by atoms with E-state index in [1.807, 2.05) is 0 Å². The molecule has 0 spiro atoms. The number of aliphatic imine (C=N–C) groups is 1. The molecule has 4 rings (SSSR count). The Labute approximate surface area is 177 Å². The van der Waals surface area contributed by atoms with Gasteiger partial charge in [0.05, 0.1) is 18.6 Å². The predicted octanol–water partition coefficient (Wildman–Crippen LogP) is 5.20. The first-order chi connectivity index (χ1) is 14.0. The van der Waals surface area contributed by atoms with Crippen LogP contribution in [0.5, 0.6) is 0 Å². The molecule has 0 saturated carbocycles. The number of rotatable bonds is 4. The predicted molar refractivity (Wildman–Crippen MR) is 109 cm³/mol. The van der Waals surface area contributed by atoms with Gasteiger partial charge in [-0.3, -0.25) is 0 Å². The van der Waals surface area contributed by atoms with Gasteiger partial charge in [0.15, 0.2) is 17.6 Å². The standard InChI is InChI=1S/C22H17F4N3.ClH/c23-16-5-1-3-14(10-16)20-21(15-4-2-6-17(24)11-15)29-22(28-20)27-12-13-7-8-18(25)19(26)9-13;/h1-11,20-21H,12H2,(H2,27,28,29);1H. The van der Waals surface area contributed by atoms with E-state index in [9.17, 15) is 17.6 Å². The number of guanidine groups is 1. The third kappa shape index (κ3) is 4.74. The van der Waals surface area contributed by atoms with Crippen LogP contribution in [-0.2, 0) is 6.54 Å². The zero-order chi connectivity index (χ0) is 20.4. The summed E-state index contributed by atoms with van der Waals surface area (Å²) < 4.78 is 54.0. The largest absolute Gasteiger partial charge is 0.347 e. The second-order valence-corrected chi connectivity index (χ2v) is 6.77. The highest BCUT2D eigenvalue weighted by Gasteiger charge is 2.33. The van der Waals surface area contributed by atoms with Gasteiger partial charge in [-0.1, -0.05) is 30.3 Å². The lowest BCUT2D eigenvalue weighted by Gasteiger charge is -2.19. The van der Waals surface area contributed by atoms with Crippen molar-refractivity contribution in [2.45, 2.75) is 18.6 Å². The molecule has 0 aliphatic carbocycles. The Bertz CT molecular complexity index is 1020. The zero-order valence-corrected chi connectivity index (χ0v) is 16.4. The molecule has 2 unspecified atom stereocenters. The van der Waals surface area contributed by atoms with Crippen LogP contribution in [0.25, 0.3) is 0 Å². The van der Waals surface area contributed by atoms with Crippen molar-refractivity contribution in [1.82, 2.24) is 10.6 Å². The molecule has 1 fully saturated rings. The minimum atomic E-state index is -0.940. The van der Waals surface area contributed by atoms with Gasteiger partial charge in [-0.15, -0.1) is 12.4 Å². The molecule has 3 aromatic rings. The van der Waals surface area contributed by atoms with Crippen LogP contribution in [0.1, 0.15) is 28.8 Å². The lowest BCUT2D eigenvalue weighted by molar-refractivity contribution is 0.507. The van der Waals surface area contributed by atoms with E-state index in [0.717, 1.165) is 12.1 Å². The van der Waals surface area contributed by atoms with Crippen molar-refractivity contribution in [2.24, 2.45) is 4.99 Å². The van der Waals surface area contributed by atoms with Gasteiger partial charge in [0.2, 0.25) is 0 Å². The van der Waals surface area contributed by atoms with Crippen LogP contribution in [0.3, 0.4) is 0 Å². The van der Waals surface area contributed by atoms with E-state index in [1.54, 1.807) is 24.3 Å². The van der Waals surface area contributed by atoms with Crippen molar-refractivity contribution in [2.75, 3.05) is 0 Å². The van der Waals surface area contributed by atoms with Gasteiger partial charge in [-0.25, -0.2) is 22.6 Å². The Morgan fingerprint density at radius 2 is 1.27 bits per heavy atom. The van der Waals surface area contributed by atoms with E-state index in [4.69, 9.17) is 0 Å². The fourth-order valence-corrected chi connectivity index (χ4v) is 3.35. The van der Waals surface area contributed by atoms with Crippen molar-refractivity contribution in [3.05, 3.63) is 107 Å². The first-order valence-corrected chi connectivity index (χ1v) is 9.02. The van der Waals surface area contributed by atoms with Crippen LogP contribution in [0.2, 0.25) is 0 Å². The zero-order valence-electron chi connectivity index (χ0n) is 15.6. The molecule has 3 aromatic carbocycles. The molecule has 0 amide bonds. The smallest absolute Gasteiger partial charge is 0.192 e. The number of nitrogens with one attached hydrogen (secondary N) is 2. The fourth-order valence-electron chi connectivity index (χ4n) is 3.35. The average molecular weight is 436 g/mol. The molecule has 156 valence electrons. The Morgan fingerprint density at radius 3 is 1.77 bits per heavy atom. The van der Waals surface area contributed by atoms with Gasteiger partial charge in [-0.05, 0) is 53.1 Å². The van der Waals surface area contributed by atoms with Crippen LogP contribution < -0.4 is 10.6 Å². The van der Waals surface area contributed by atoms with Crippen LogP contribution in [-0.4, -0.2) is 5.96 Å². The van der Waals surface area contributed by atoms with Crippen molar-refractivity contribution >= 4 is 18.4 Å². The highest BCUT2D eigenvalue weighted by atomic mass is 35.5. The Morgan fingerprint density at radius 1 is 0.700 bits per heavy atom. The maximum atomic E-state index is 13.7. The summed E-state index contributed by atoms with van der Waals surface area (Å²) in [5.41, 5.74) is 1.84. The molecule has 8 heteroatoms. The van der Waals surface area contributed by atoms with Crippen LogP contribution in [0.15, 0.2) is 71.7 Å². The summed E-state index contributed by atoms with van der Waals surface area (Å²) in [7, 11) is 0. The van der Waals surface area contributed by atoms with E-state index in [0.29, 0.717) is 22.6 Å². The summed E-state index contributed by atoms with van der Waals surface area (Å²) in [5.74, 6) is -2.22. The topological polar surface area (TPSA) is 36.4 Å². The van der Waals surface area contributed by atoms with E-state index >= 15 is 0 Å². The quantitative estimate of drug-likeness (QED) is 0.553. The number of hydrogen-bond donors (Lipinski definition) is 2. The second-order valence-electron chi connectivity index (χ2n) is 6.77. The number of nitrogens with zero attached hydrogens (tertiary/aromatic N) is 1. The summed E-state index contributed by atoms with van der Waals surface area (Å²) in [6.07, 6.45) is 0. The molecule has 3 nitrogen and oxygen atoms in total. The van der Waals surface area contributed by atoms with Gasteiger partial charge in [0, 0.05) is 0 Å². The van der Waals surface area contributed by atoms with Crippen LogP contribution in [0, 0.1) is 23.3 Å². The summed E-state index contributed by atoms with van der Waals surface area (Å²) in [4.78, 5) is 4.38. The maximum absolute atomic E-state index is 13.7. The molecule has 1 heterocycles. The van der Waals surface area contributed by atoms with Gasteiger partial charge < -0.3 is 10.6 Å². The van der Waals surface area contributed by atoms with Gasteiger partial charge in [0.1, 0.15) is 11.6 Å². The average Bonchev–Trinajstić information content (AvgIpc) is 3.13. The molecule has 0 bridgehead atoms. The normalized spacial score (nSPS) is 17.7. The molecular formula is C22H18ClF4N3. The third-order valence-corrected chi connectivity index (χ3v) is 4.74. The van der Waals surface area contributed by atoms with Crippen molar-refractivity contribution < 1.29 is 17.6 Å². The monoisotopic (exact) mass is 435 g/mol. The van der Waals surface area contributed by atoms with Crippen LogP contribution in [0.4, 0.5) is 17.6 Å². The maximum Gasteiger partial charge on any atom is 0.192 e. The van der Waals surface area contributed by atoms with E-state index in [2.05, 4.69) is 15.6 Å². The fraction of sp³-hybridized carbons (Fsp3) is 0.136. The molecule has 2 atom stereocenters. The third-order valence-electron chi connectivity index (χ3n) is 4.74. The van der Waals surface area contributed by atoms with E-state index < -0.39 is 23.7 Å². The summed E-state index contributed by atoms with van der Waals surface area (Å²) >= 11 is 0. The number of hydrogen-bond acceptors (Lipinski definition) is 1. The number of benzene rings is 3. The minimum absolute atomic E-state index is 0. The Kier molecular flexibility index (Phi) is 6.62. The molecule has 2 N–H and O–H groups in total. The number of halogens is 5. The minimum Gasteiger partial charge on any atom is -0.347 e. The lowest BCUT2D eigenvalue weighted by Crippen LogP contribution is -2.25. The van der Waals surface area contributed by atoms with Crippen molar-refractivity contribution in [3.8, 4) is 0 Å². The molecule has 0 aromatic heterocycles. The molecule has 30 heavy (non-hydrogen) atoms. The Balaban J connectivity index is 0.00000256. The van der Waals surface area contributed by atoms with Crippen molar-refractivity contribution in [3.63, 3.8) is 0 Å². The molecule has 1 aliphatic heterocycles. The SMILES string of the molecule is Cl.Fc1cccc(C2NC(=NCc3ccc(F)c(F)c3)NC2c2cccc(F)c2)c1. The molecule has 1 aliphatic rings. The highest BCUT2D eigenvalue weighted by Crippen LogP contribution is 2.33. The lowest BCUT2D eigenvalue weighted by atomic mass is 9.95. The van der Waals surface area contributed by atoms with E-state index in [1.165, 1.54) is 30.3 Å². The summed E-state index contributed by atoms with van der Waals surface area (Å²) in [6, 6.07) is 15.1. The van der Waals surface area contributed by atoms with Gasteiger partial charge in [0.25, 0.3) is 0 Å². The highest BCUT2D eigenvalue weighted by molar-refractivity contribution is 5.85. The second kappa shape index (κ2) is 9.17. The van der Waals surface area contributed by atoms with Gasteiger partial charge >= 0.3 is 0 Å². The Hall–Kier alpha value is -3.06. The first kappa shape index (κ1) is 21.6. The van der Waals surface area contributed by atoms with Gasteiger partial charge in [-0.2, -0.15) is 0 Å². The summed E-state index contributed by atoms with van der Waals surface area (Å²) in [5, 5.41) is 6.36. The van der Waals surface area contributed by atoms with Crippen LogP contribution >= 0.6 is 12.4 Å². The molecule has 1 saturated heterocycles. The first-order valence-electron chi connectivity index (χ1n) is 9.02. The summed E-state index contributed by atoms with van der Waals surface area (Å²) in [6.45, 7) is 0.109. The molecule has 0 radical (unpaired) electrons. The van der Waals surface area contributed by atoms with E-state index in [-0.39, 0.29) is 30.6 Å².